The van der Waals surface area contributed by atoms with Crippen molar-refractivity contribution in [2.24, 2.45) is 0 Å². The van der Waals surface area contributed by atoms with E-state index in [1.165, 1.54) is 6.92 Å². The summed E-state index contributed by atoms with van der Waals surface area (Å²) in [6, 6.07) is -1.46. The topological polar surface area (TPSA) is 152 Å². The van der Waals surface area contributed by atoms with E-state index >= 15 is 0 Å². The van der Waals surface area contributed by atoms with Crippen molar-refractivity contribution in [2.45, 2.75) is 19.1 Å². The van der Waals surface area contributed by atoms with E-state index in [-0.39, 0.29) is 11.5 Å². The van der Waals surface area contributed by atoms with E-state index in [2.05, 4.69) is 14.9 Å². The molecule has 0 aliphatic carbocycles. The minimum Gasteiger partial charge on any atom is -0.480 e. The number of nitrogen functional groups attached to an aromatic ring is 1. The molecule has 0 bridgehead atoms. The molecule has 5 N–H and O–H groups in total. The van der Waals surface area contributed by atoms with Crippen LogP contribution in [0, 0.1) is 0 Å². The lowest BCUT2D eigenvalue weighted by molar-refractivity contribution is -0.141. The second-order valence-corrected chi connectivity index (χ2v) is 3.03. The van der Waals surface area contributed by atoms with Crippen LogP contribution < -0.4 is 11.1 Å². The van der Waals surface area contributed by atoms with Crippen molar-refractivity contribution < 1.29 is 24.4 Å². The van der Waals surface area contributed by atoms with Gasteiger partial charge in [-0.15, -0.1) is 0 Å². The number of carboxylic acid groups (broad SMARTS) is 1. The highest BCUT2D eigenvalue weighted by Crippen LogP contribution is 2.04. The minimum atomic E-state index is -1.46. The molecule has 0 aliphatic rings. The number of amides is 1. The van der Waals surface area contributed by atoms with Crippen LogP contribution in [0.5, 0.6) is 0 Å². The van der Waals surface area contributed by atoms with E-state index in [0.29, 0.717) is 0 Å². The molecule has 0 radical (unpaired) electrons. The number of nitrogens with zero attached hydrogens (tertiary/aromatic N) is 2. The zero-order valence-electron chi connectivity index (χ0n) is 8.25. The summed E-state index contributed by atoms with van der Waals surface area (Å²) in [4.78, 5) is 22.1. The summed E-state index contributed by atoms with van der Waals surface area (Å²) in [6.07, 6.45) is -1.26. The third-order valence-corrected chi connectivity index (χ3v) is 1.76. The molecule has 1 heterocycles. The molecular weight excluding hydrogens is 220 g/mol. The van der Waals surface area contributed by atoms with Gasteiger partial charge in [0.2, 0.25) is 11.5 Å². The van der Waals surface area contributed by atoms with Crippen molar-refractivity contribution in [3.05, 3.63) is 5.69 Å². The van der Waals surface area contributed by atoms with Gasteiger partial charge in [0.1, 0.15) is 0 Å². The summed E-state index contributed by atoms with van der Waals surface area (Å²) in [5.74, 6) is -2.52. The Morgan fingerprint density at radius 3 is 2.50 bits per heavy atom. The van der Waals surface area contributed by atoms with Crippen molar-refractivity contribution in [1.82, 2.24) is 15.6 Å². The molecule has 0 saturated heterocycles. The number of hydrogen-bond donors (Lipinski definition) is 4. The van der Waals surface area contributed by atoms with Gasteiger partial charge in [0.25, 0.3) is 5.91 Å². The number of nitrogens with one attached hydrogen (secondary N) is 1. The molecule has 16 heavy (non-hydrogen) atoms. The molecule has 1 aromatic heterocycles. The van der Waals surface area contributed by atoms with Crippen LogP contribution in [0.2, 0.25) is 0 Å². The van der Waals surface area contributed by atoms with Gasteiger partial charge in [0, 0.05) is 0 Å². The lowest BCUT2D eigenvalue weighted by atomic mass is 10.2. The van der Waals surface area contributed by atoms with E-state index in [9.17, 15) is 9.59 Å². The Labute approximate surface area is 89.2 Å². The van der Waals surface area contributed by atoms with E-state index in [0.717, 1.165) is 0 Å². The van der Waals surface area contributed by atoms with Crippen LogP contribution in [-0.2, 0) is 4.79 Å². The molecule has 2 atom stereocenters. The summed E-state index contributed by atoms with van der Waals surface area (Å²) >= 11 is 0. The monoisotopic (exact) mass is 230 g/mol. The summed E-state index contributed by atoms with van der Waals surface area (Å²) in [5, 5.41) is 26.2. The second kappa shape index (κ2) is 4.57. The molecule has 9 nitrogen and oxygen atoms in total. The zero-order chi connectivity index (χ0) is 12.3. The number of anilines is 1. The van der Waals surface area contributed by atoms with Crippen molar-refractivity contribution in [1.29, 1.82) is 0 Å². The number of carboxylic acids is 1. The van der Waals surface area contributed by atoms with Gasteiger partial charge in [-0.3, -0.25) is 4.79 Å². The molecule has 0 fully saturated rings. The van der Waals surface area contributed by atoms with Crippen molar-refractivity contribution >= 4 is 17.7 Å². The van der Waals surface area contributed by atoms with Gasteiger partial charge in [-0.2, -0.15) is 0 Å². The van der Waals surface area contributed by atoms with Gasteiger partial charge in [-0.1, -0.05) is 0 Å². The van der Waals surface area contributed by atoms with Crippen LogP contribution >= 0.6 is 0 Å². The quantitative estimate of drug-likeness (QED) is 0.473. The first kappa shape index (κ1) is 11.9. The Balaban J connectivity index is 2.77. The van der Waals surface area contributed by atoms with Crippen LogP contribution in [0.4, 0.5) is 5.82 Å². The summed E-state index contributed by atoms with van der Waals surface area (Å²) in [6.45, 7) is 1.23. The van der Waals surface area contributed by atoms with E-state index in [4.69, 9.17) is 15.9 Å². The number of aromatic nitrogens is 2. The summed E-state index contributed by atoms with van der Waals surface area (Å²) < 4.78 is 4.17. The highest BCUT2D eigenvalue weighted by molar-refractivity contribution is 5.98. The average molecular weight is 230 g/mol. The van der Waals surface area contributed by atoms with E-state index < -0.39 is 24.0 Å². The number of carbonyl (C=O) groups excluding carboxylic acids is 1. The third-order valence-electron chi connectivity index (χ3n) is 1.76. The first-order valence-electron chi connectivity index (χ1n) is 4.23. The van der Waals surface area contributed by atoms with E-state index in [1.807, 2.05) is 5.32 Å². The number of aliphatic hydroxyl groups is 1. The summed E-state index contributed by atoms with van der Waals surface area (Å²) in [7, 11) is 0. The number of aliphatic hydroxyl groups excluding tert-OH is 1. The maximum Gasteiger partial charge on any atom is 0.328 e. The van der Waals surface area contributed by atoms with Crippen LogP contribution in [0.3, 0.4) is 0 Å². The van der Waals surface area contributed by atoms with Crippen molar-refractivity contribution in [3.8, 4) is 0 Å². The molecule has 1 aromatic rings. The Kier molecular flexibility index (Phi) is 3.40. The first-order chi connectivity index (χ1) is 7.43. The van der Waals surface area contributed by atoms with Gasteiger partial charge in [0.05, 0.1) is 6.10 Å². The molecule has 1 amide bonds. The highest BCUT2D eigenvalue weighted by atomic mass is 16.6. The number of hydrogen-bond acceptors (Lipinski definition) is 7. The van der Waals surface area contributed by atoms with Crippen LogP contribution in [0.1, 0.15) is 17.4 Å². The lowest BCUT2D eigenvalue weighted by Gasteiger charge is -2.15. The van der Waals surface area contributed by atoms with Gasteiger partial charge in [0.15, 0.2) is 6.04 Å². The fourth-order valence-corrected chi connectivity index (χ4v) is 0.951. The van der Waals surface area contributed by atoms with Crippen molar-refractivity contribution in [2.75, 3.05) is 5.73 Å². The SMILES string of the molecule is CC(O)C(NC(=O)c1nonc1N)C(=O)O. The molecular formula is C7H10N4O5. The Bertz CT molecular complexity index is 401. The van der Waals surface area contributed by atoms with E-state index in [1.54, 1.807) is 0 Å². The predicted octanol–water partition coefficient (Wildman–Crippen LogP) is -1.78. The Morgan fingerprint density at radius 2 is 2.12 bits per heavy atom. The number of carbonyl (C=O) groups is 2. The fourth-order valence-electron chi connectivity index (χ4n) is 0.951. The van der Waals surface area contributed by atoms with Crippen LogP contribution in [0.25, 0.3) is 0 Å². The minimum absolute atomic E-state index is 0.257. The van der Waals surface area contributed by atoms with Gasteiger partial charge in [-0.25, -0.2) is 9.42 Å². The van der Waals surface area contributed by atoms with Gasteiger partial charge in [-0.05, 0) is 17.2 Å². The standard InChI is InChI=1S/C7H10N4O5/c1-2(12)3(7(14)15)9-6(13)4-5(8)11-16-10-4/h2-3,12H,1H3,(H2,8,11)(H,9,13)(H,14,15). The van der Waals surface area contributed by atoms with Crippen LogP contribution in [0.15, 0.2) is 4.63 Å². The summed E-state index contributed by atoms with van der Waals surface area (Å²) in [5.41, 5.74) is 4.90. The molecule has 1 rings (SSSR count). The predicted molar refractivity (Wildman–Crippen MR) is 49.3 cm³/mol. The molecule has 2 unspecified atom stereocenters. The maximum absolute atomic E-state index is 11.4. The molecule has 0 saturated carbocycles. The first-order valence-corrected chi connectivity index (χ1v) is 4.23. The second-order valence-electron chi connectivity index (χ2n) is 3.03. The molecule has 0 aromatic carbocycles. The number of rotatable bonds is 4. The molecule has 0 aliphatic heterocycles. The van der Waals surface area contributed by atoms with Gasteiger partial charge < -0.3 is 21.3 Å². The average Bonchev–Trinajstić information content (AvgIpc) is 2.59. The molecule has 9 heteroatoms. The Morgan fingerprint density at radius 1 is 1.50 bits per heavy atom. The van der Waals surface area contributed by atoms with Gasteiger partial charge >= 0.3 is 5.97 Å². The molecule has 88 valence electrons. The number of nitrogens with two attached hydrogens (primary N) is 1. The van der Waals surface area contributed by atoms with Crippen molar-refractivity contribution in [3.63, 3.8) is 0 Å². The third kappa shape index (κ3) is 2.45. The largest absolute Gasteiger partial charge is 0.480 e. The smallest absolute Gasteiger partial charge is 0.328 e. The fraction of sp³-hybridized carbons (Fsp3) is 0.429. The Hall–Kier alpha value is -2.16. The maximum atomic E-state index is 11.4. The van der Waals surface area contributed by atoms with Crippen LogP contribution in [-0.4, -0.2) is 44.5 Å². The molecule has 0 spiro atoms. The zero-order valence-corrected chi connectivity index (χ0v) is 8.25. The lowest BCUT2D eigenvalue weighted by Crippen LogP contribution is -2.47. The highest BCUT2D eigenvalue weighted by Gasteiger charge is 2.27. The number of aliphatic carboxylic acids is 1. The normalized spacial score (nSPS) is 14.1.